The average molecular weight is 332 g/mol. The van der Waals surface area contributed by atoms with Crippen molar-refractivity contribution in [2.24, 2.45) is 0 Å². The topological polar surface area (TPSA) is 84.9 Å². The first kappa shape index (κ1) is 13.4. The van der Waals surface area contributed by atoms with Crippen LogP contribution < -0.4 is 4.74 Å². The summed E-state index contributed by atoms with van der Waals surface area (Å²) in [5, 5.41) is 0.529. The Hall–Kier alpha value is -1.57. The number of halogens is 2. The number of nitrogens with zero attached hydrogens (tertiary/aromatic N) is 2. The molecule has 20 heavy (non-hydrogen) atoms. The number of hydrogen-bond donors (Lipinski definition) is 1. The highest BCUT2D eigenvalue weighted by molar-refractivity contribution is 8.14. The van der Waals surface area contributed by atoms with Crippen molar-refractivity contribution in [1.29, 1.82) is 0 Å². The molecule has 104 valence electrons. The Morgan fingerprint density at radius 3 is 2.70 bits per heavy atom. The zero-order chi connectivity index (χ0) is 14.5. The normalized spacial score (nSPS) is 12.2. The quantitative estimate of drug-likeness (QED) is 0.576. The van der Waals surface area contributed by atoms with Crippen molar-refractivity contribution in [2.45, 2.75) is 4.90 Å². The van der Waals surface area contributed by atoms with E-state index in [0.717, 1.165) is 0 Å². The highest BCUT2D eigenvalue weighted by Gasteiger charge is 2.24. The number of benzene rings is 1. The molecule has 0 aliphatic rings. The molecule has 2 aromatic heterocycles. The predicted molar refractivity (Wildman–Crippen MR) is 76.0 cm³/mol. The van der Waals surface area contributed by atoms with E-state index in [1.807, 2.05) is 0 Å². The third kappa shape index (κ3) is 1.90. The van der Waals surface area contributed by atoms with Gasteiger partial charge in [-0.2, -0.15) is 0 Å². The lowest BCUT2D eigenvalue weighted by Gasteiger charge is -2.06. The Kier molecular flexibility index (Phi) is 3.00. The van der Waals surface area contributed by atoms with E-state index in [1.165, 1.54) is 19.5 Å². The molecule has 0 spiro atoms. The van der Waals surface area contributed by atoms with Crippen molar-refractivity contribution in [3.8, 4) is 5.75 Å². The fourth-order valence-electron chi connectivity index (χ4n) is 2.10. The maximum Gasteiger partial charge on any atom is 0.265 e. The second-order valence-electron chi connectivity index (χ2n) is 3.97. The maximum atomic E-state index is 11.8. The number of aromatic nitrogens is 3. The van der Waals surface area contributed by atoms with Gasteiger partial charge in [-0.25, -0.2) is 18.4 Å². The van der Waals surface area contributed by atoms with Gasteiger partial charge in [0.15, 0.2) is 5.15 Å². The third-order valence-corrected chi connectivity index (χ3v) is 4.53. The van der Waals surface area contributed by atoms with Gasteiger partial charge < -0.3 is 9.72 Å². The number of H-pyrrole nitrogens is 1. The molecule has 0 fully saturated rings. The van der Waals surface area contributed by atoms with Crippen LogP contribution in [0.15, 0.2) is 23.4 Å². The summed E-state index contributed by atoms with van der Waals surface area (Å²) in [5.41, 5.74) is 1.35. The largest absolute Gasteiger partial charge is 0.495 e. The molecule has 0 radical (unpaired) electrons. The summed E-state index contributed by atoms with van der Waals surface area (Å²) in [7, 11) is 2.86. The molecule has 0 amide bonds. The molecule has 0 unspecified atom stereocenters. The van der Waals surface area contributed by atoms with Crippen LogP contribution in [0.3, 0.4) is 0 Å². The van der Waals surface area contributed by atoms with Crippen molar-refractivity contribution in [2.75, 3.05) is 7.11 Å². The minimum atomic E-state index is -4.02. The zero-order valence-corrected chi connectivity index (χ0v) is 12.3. The van der Waals surface area contributed by atoms with Gasteiger partial charge in [0.05, 0.1) is 7.11 Å². The van der Waals surface area contributed by atoms with Crippen LogP contribution in [0, 0.1) is 0 Å². The molecule has 0 bridgehead atoms. The fraction of sp³-hybridized carbons (Fsp3) is 0.0909. The van der Waals surface area contributed by atoms with E-state index in [4.69, 9.17) is 27.0 Å². The molecule has 0 saturated heterocycles. The van der Waals surface area contributed by atoms with E-state index >= 15 is 0 Å². The number of nitrogens with one attached hydrogen (secondary N) is 1. The summed E-state index contributed by atoms with van der Waals surface area (Å²) in [6, 6.07) is 3.17. The Balaban J connectivity index is 2.63. The van der Waals surface area contributed by atoms with E-state index < -0.39 is 9.05 Å². The lowest BCUT2D eigenvalue weighted by Crippen LogP contribution is -1.97. The lowest BCUT2D eigenvalue weighted by atomic mass is 10.2. The van der Waals surface area contributed by atoms with Gasteiger partial charge in [0.2, 0.25) is 0 Å². The minimum Gasteiger partial charge on any atom is -0.495 e. The van der Waals surface area contributed by atoms with E-state index in [-0.39, 0.29) is 15.8 Å². The molecule has 0 saturated carbocycles. The van der Waals surface area contributed by atoms with E-state index in [0.29, 0.717) is 21.9 Å². The van der Waals surface area contributed by atoms with Crippen LogP contribution in [0.4, 0.5) is 0 Å². The van der Waals surface area contributed by atoms with Gasteiger partial charge in [-0.05, 0) is 12.1 Å². The van der Waals surface area contributed by atoms with Crippen molar-refractivity contribution in [3.05, 3.63) is 23.6 Å². The maximum absolute atomic E-state index is 11.8. The zero-order valence-electron chi connectivity index (χ0n) is 10.0. The second kappa shape index (κ2) is 4.47. The molecule has 3 rings (SSSR count). The molecule has 0 atom stereocenters. The Morgan fingerprint density at radius 2 is 2.05 bits per heavy atom. The fourth-order valence-corrected chi connectivity index (χ4v) is 3.59. The molecule has 6 nitrogen and oxygen atoms in total. The van der Waals surface area contributed by atoms with Crippen LogP contribution in [0.2, 0.25) is 5.15 Å². The van der Waals surface area contributed by atoms with Crippen molar-refractivity contribution in [3.63, 3.8) is 0 Å². The van der Waals surface area contributed by atoms with E-state index in [2.05, 4.69) is 15.0 Å². The third-order valence-electron chi connectivity index (χ3n) is 2.88. The van der Waals surface area contributed by atoms with Gasteiger partial charge in [0.25, 0.3) is 9.05 Å². The molecular formula is C11H7Cl2N3O3S. The molecular weight excluding hydrogens is 325 g/mol. The standard InChI is InChI=1S/C11H7Cl2N3O3S/c1-19-6-3-2-5-7(10(6)20(13,17)18)8-9(16-5)11(12)15-4-14-8/h2-4,16H,1H3. The minimum absolute atomic E-state index is 0.139. The van der Waals surface area contributed by atoms with E-state index in [1.54, 1.807) is 6.07 Å². The molecule has 1 aromatic carbocycles. The molecule has 0 aliphatic heterocycles. The summed E-state index contributed by atoms with van der Waals surface area (Å²) in [6.07, 6.45) is 1.25. The van der Waals surface area contributed by atoms with Gasteiger partial charge in [-0.15, -0.1) is 0 Å². The van der Waals surface area contributed by atoms with Crippen LogP contribution >= 0.6 is 22.3 Å². The first-order valence-corrected chi connectivity index (χ1v) is 8.05. The van der Waals surface area contributed by atoms with Crippen molar-refractivity contribution >= 4 is 53.3 Å². The molecule has 3 aromatic rings. The smallest absolute Gasteiger partial charge is 0.265 e. The number of ether oxygens (including phenoxy) is 1. The van der Waals surface area contributed by atoms with Crippen LogP contribution in [0.1, 0.15) is 0 Å². The summed E-state index contributed by atoms with van der Waals surface area (Å²) in [4.78, 5) is 10.8. The van der Waals surface area contributed by atoms with Crippen LogP contribution in [-0.2, 0) is 9.05 Å². The van der Waals surface area contributed by atoms with Gasteiger partial charge in [0, 0.05) is 21.6 Å². The Labute approximate surface area is 123 Å². The molecule has 9 heteroatoms. The number of fused-ring (bicyclic) bond motifs is 3. The molecule has 1 N–H and O–H groups in total. The second-order valence-corrected chi connectivity index (χ2v) is 6.83. The van der Waals surface area contributed by atoms with Crippen LogP contribution in [0.5, 0.6) is 5.75 Å². The summed E-state index contributed by atoms with van der Waals surface area (Å²) in [6.45, 7) is 0. The summed E-state index contributed by atoms with van der Waals surface area (Å²) in [5.74, 6) is 0.142. The monoisotopic (exact) mass is 331 g/mol. The first-order chi connectivity index (χ1) is 9.43. The molecule has 2 heterocycles. The lowest BCUT2D eigenvalue weighted by molar-refractivity contribution is 0.404. The molecule has 0 aliphatic carbocycles. The van der Waals surface area contributed by atoms with Gasteiger partial charge >= 0.3 is 0 Å². The van der Waals surface area contributed by atoms with Crippen molar-refractivity contribution in [1.82, 2.24) is 15.0 Å². The van der Waals surface area contributed by atoms with Gasteiger partial charge in [0.1, 0.15) is 28.0 Å². The van der Waals surface area contributed by atoms with Gasteiger partial charge in [-0.1, -0.05) is 11.6 Å². The Morgan fingerprint density at radius 1 is 1.30 bits per heavy atom. The first-order valence-electron chi connectivity index (χ1n) is 5.37. The van der Waals surface area contributed by atoms with E-state index in [9.17, 15) is 8.42 Å². The summed E-state index contributed by atoms with van der Waals surface area (Å²) < 4.78 is 28.8. The number of aromatic amines is 1. The predicted octanol–water partition coefficient (Wildman–Crippen LogP) is 2.70. The average Bonchev–Trinajstić information content (AvgIpc) is 2.76. The number of rotatable bonds is 2. The van der Waals surface area contributed by atoms with Crippen LogP contribution in [0.25, 0.3) is 21.9 Å². The highest BCUT2D eigenvalue weighted by Crippen LogP contribution is 2.38. The van der Waals surface area contributed by atoms with Crippen molar-refractivity contribution < 1.29 is 13.2 Å². The summed E-state index contributed by atoms with van der Waals surface area (Å²) >= 11 is 5.97. The van der Waals surface area contributed by atoms with Crippen LogP contribution in [-0.4, -0.2) is 30.5 Å². The number of methoxy groups -OCH3 is 1. The SMILES string of the molecule is COc1ccc2[nH]c3c(Cl)ncnc3c2c1S(=O)(=O)Cl. The van der Waals surface area contributed by atoms with Gasteiger partial charge in [-0.3, -0.25) is 0 Å². The number of hydrogen-bond acceptors (Lipinski definition) is 5. The highest BCUT2D eigenvalue weighted by atomic mass is 35.7. The Bertz CT molecular complexity index is 937.